The Labute approximate surface area is 120 Å². The largest absolute Gasteiger partial charge is 0.385 e. The van der Waals surface area contributed by atoms with E-state index in [4.69, 9.17) is 9.47 Å². The van der Waals surface area contributed by atoms with E-state index in [0.29, 0.717) is 5.92 Å². The van der Waals surface area contributed by atoms with E-state index < -0.39 is 11.4 Å². The summed E-state index contributed by atoms with van der Waals surface area (Å²) in [6.45, 7) is 0. The molecule has 0 aromatic carbocycles. The van der Waals surface area contributed by atoms with Gasteiger partial charge in [0.1, 0.15) is 0 Å². The van der Waals surface area contributed by atoms with Crippen LogP contribution in [-0.4, -0.2) is 30.7 Å². The van der Waals surface area contributed by atoms with Gasteiger partial charge in [-0.15, -0.1) is 0 Å². The van der Waals surface area contributed by atoms with Crippen LogP contribution in [0.2, 0.25) is 0 Å². The van der Waals surface area contributed by atoms with Gasteiger partial charge in [0, 0.05) is 20.1 Å². The molecule has 0 spiro atoms. The Morgan fingerprint density at radius 1 is 1.20 bits per heavy atom. The van der Waals surface area contributed by atoms with E-state index in [0.717, 1.165) is 18.8 Å². The Bertz CT molecular complexity index is 477. The lowest BCUT2D eigenvalue weighted by atomic mass is 9.75. The topological polar surface area (TPSA) is 38.7 Å². The van der Waals surface area contributed by atoms with Crippen molar-refractivity contribution in [2.75, 3.05) is 14.2 Å². The highest BCUT2D eigenvalue weighted by Gasteiger charge is 2.66. The van der Waals surface area contributed by atoms with E-state index in [-0.39, 0.29) is 11.8 Å². The third-order valence-electron chi connectivity index (χ3n) is 6.37. The van der Waals surface area contributed by atoms with Crippen molar-refractivity contribution in [3.05, 3.63) is 23.8 Å². The fourth-order valence-electron chi connectivity index (χ4n) is 5.50. The van der Waals surface area contributed by atoms with E-state index in [9.17, 15) is 5.11 Å². The molecular weight excluding hydrogens is 252 g/mol. The molecule has 4 rings (SSSR count). The first kappa shape index (κ1) is 13.1. The Balaban J connectivity index is 1.71. The van der Waals surface area contributed by atoms with Gasteiger partial charge in [-0.1, -0.05) is 24.6 Å². The molecule has 2 saturated carbocycles. The minimum atomic E-state index is -0.755. The molecule has 0 unspecified atom stereocenters. The lowest BCUT2D eigenvalue weighted by Gasteiger charge is -2.38. The zero-order valence-electron chi connectivity index (χ0n) is 12.3. The van der Waals surface area contributed by atoms with Gasteiger partial charge in [-0.2, -0.15) is 0 Å². The molecule has 0 aromatic rings. The minimum Gasteiger partial charge on any atom is -0.385 e. The van der Waals surface area contributed by atoms with E-state index in [1.54, 1.807) is 14.2 Å². The fourth-order valence-corrected chi connectivity index (χ4v) is 5.50. The molecule has 1 N–H and O–H groups in total. The molecule has 0 aliphatic heterocycles. The number of allylic oxidation sites excluding steroid dienone is 1. The molecule has 0 saturated heterocycles. The highest BCUT2D eigenvalue weighted by atomic mass is 16.7. The maximum absolute atomic E-state index is 11.4. The van der Waals surface area contributed by atoms with E-state index in [1.165, 1.54) is 24.8 Å². The van der Waals surface area contributed by atoms with Crippen molar-refractivity contribution >= 4 is 0 Å². The maximum atomic E-state index is 11.4. The third kappa shape index (κ3) is 1.36. The first-order valence-electron chi connectivity index (χ1n) is 7.87. The van der Waals surface area contributed by atoms with E-state index in [2.05, 4.69) is 18.2 Å². The molecule has 3 nitrogen and oxygen atoms in total. The van der Waals surface area contributed by atoms with Gasteiger partial charge in [-0.05, 0) is 43.1 Å². The minimum absolute atomic E-state index is 0.0689. The lowest BCUT2D eigenvalue weighted by Crippen LogP contribution is -2.47. The summed E-state index contributed by atoms with van der Waals surface area (Å²) in [6, 6.07) is 0. The lowest BCUT2D eigenvalue weighted by molar-refractivity contribution is -0.238. The van der Waals surface area contributed by atoms with Crippen LogP contribution < -0.4 is 0 Å². The highest BCUT2D eigenvalue weighted by molar-refractivity contribution is 5.38. The Hall–Kier alpha value is -0.640. The number of ether oxygens (including phenoxy) is 2. The summed E-state index contributed by atoms with van der Waals surface area (Å²) >= 11 is 0. The van der Waals surface area contributed by atoms with Crippen LogP contribution in [0.25, 0.3) is 0 Å². The third-order valence-corrected chi connectivity index (χ3v) is 6.37. The Morgan fingerprint density at radius 3 is 2.70 bits per heavy atom. The molecule has 3 heteroatoms. The van der Waals surface area contributed by atoms with Crippen LogP contribution in [0.3, 0.4) is 0 Å². The van der Waals surface area contributed by atoms with Crippen molar-refractivity contribution < 1.29 is 14.6 Å². The molecule has 0 heterocycles. The second kappa shape index (κ2) is 4.19. The van der Waals surface area contributed by atoms with E-state index in [1.807, 2.05) is 0 Å². The number of aliphatic hydroxyl groups is 1. The molecule has 0 aromatic heterocycles. The smallest absolute Gasteiger partial charge is 0.183 e. The Morgan fingerprint density at radius 2 is 2.00 bits per heavy atom. The summed E-state index contributed by atoms with van der Waals surface area (Å²) in [7, 11) is 3.40. The van der Waals surface area contributed by atoms with Crippen molar-refractivity contribution in [1.29, 1.82) is 0 Å². The summed E-state index contributed by atoms with van der Waals surface area (Å²) in [5, 5.41) is 11.4. The predicted molar refractivity (Wildman–Crippen MR) is 76.0 cm³/mol. The van der Waals surface area contributed by atoms with Crippen molar-refractivity contribution in [1.82, 2.24) is 0 Å². The number of hydrogen-bond acceptors (Lipinski definition) is 3. The van der Waals surface area contributed by atoms with Crippen LogP contribution in [0.1, 0.15) is 32.1 Å². The fraction of sp³-hybridized carbons (Fsp3) is 0.765. The molecule has 5 atom stereocenters. The average molecular weight is 276 g/mol. The first-order valence-corrected chi connectivity index (χ1v) is 7.87. The molecular formula is C17H24O3. The summed E-state index contributed by atoms with van der Waals surface area (Å²) in [5.74, 6) is 0.803. The van der Waals surface area contributed by atoms with Crippen LogP contribution in [0, 0.1) is 23.7 Å². The monoisotopic (exact) mass is 276 g/mol. The summed E-state index contributed by atoms with van der Waals surface area (Å²) in [6.07, 6.45) is 12.4. The SMILES string of the molecule is COC1(OC)[C@H]2C=C[C@H]1C[C@]2(O)C1=CC[C@@H]2CCC[C@H]12. The molecule has 110 valence electrons. The van der Waals surface area contributed by atoms with E-state index >= 15 is 0 Å². The molecule has 2 bridgehead atoms. The summed E-state index contributed by atoms with van der Waals surface area (Å²) in [4.78, 5) is 0. The summed E-state index contributed by atoms with van der Waals surface area (Å²) < 4.78 is 11.5. The maximum Gasteiger partial charge on any atom is 0.183 e. The molecule has 4 aliphatic carbocycles. The molecule has 0 amide bonds. The van der Waals surface area contributed by atoms with Gasteiger partial charge in [0.25, 0.3) is 0 Å². The van der Waals surface area contributed by atoms with Crippen LogP contribution in [0.5, 0.6) is 0 Å². The molecule has 20 heavy (non-hydrogen) atoms. The van der Waals surface area contributed by atoms with Gasteiger partial charge in [-0.3, -0.25) is 0 Å². The van der Waals surface area contributed by atoms with Crippen molar-refractivity contribution in [3.8, 4) is 0 Å². The van der Waals surface area contributed by atoms with Gasteiger partial charge in [0.05, 0.1) is 11.5 Å². The quantitative estimate of drug-likeness (QED) is 0.636. The normalized spacial score (nSPS) is 47.9. The highest BCUT2D eigenvalue weighted by Crippen LogP contribution is 2.61. The van der Waals surface area contributed by atoms with Gasteiger partial charge < -0.3 is 14.6 Å². The Kier molecular flexibility index (Phi) is 2.73. The van der Waals surface area contributed by atoms with Crippen LogP contribution in [0.15, 0.2) is 23.8 Å². The first-order chi connectivity index (χ1) is 9.65. The predicted octanol–water partition coefficient (Wildman–Crippen LogP) is 2.66. The average Bonchev–Trinajstić information content (AvgIpc) is 3.15. The molecule has 0 radical (unpaired) electrons. The van der Waals surface area contributed by atoms with Crippen molar-refractivity contribution in [2.24, 2.45) is 23.7 Å². The van der Waals surface area contributed by atoms with Crippen molar-refractivity contribution in [3.63, 3.8) is 0 Å². The standard InChI is InChI=1S/C17H24O3/c1-19-17(20-2)12-7-9-15(17)16(18,10-12)14-8-6-11-4-3-5-13(11)14/h7-9,11-13,15,18H,3-6,10H2,1-2H3/t11-,12-,13-,15-,16-/m0/s1. The number of hydrogen-bond donors (Lipinski definition) is 1. The summed E-state index contributed by atoms with van der Waals surface area (Å²) in [5.41, 5.74) is 0.533. The van der Waals surface area contributed by atoms with Crippen molar-refractivity contribution in [2.45, 2.75) is 43.5 Å². The second-order valence-corrected chi connectivity index (χ2v) is 6.92. The van der Waals surface area contributed by atoms with Crippen LogP contribution in [0.4, 0.5) is 0 Å². The zero-order chi connectivity index (χ0) is 14.0. The molecule has 4 aliphatic rings. The number of methoxy groups -OCH3 is 2. The van der Waals surface area contributed by atoms with Gasteiger partial charge in [0.2, 0.25) is 0 Å². The van der Waals surface area contributed by atoms with Gasteiger partial charge >= 0.3 is 0 Å². The second-order valence-electron chi connectivity index (χ2n) is 6.92. The van der Waals surface area contributed by atoms with Gasteiger partial charge in [0.15, 0.2) is 5.79 Å². The van der Waals surface area contributed by atoms with Crippen LogP contribution >= 0.6 is 0 Å². The van der Waals surface area contributed by atoms with Crippen LogP contribution in [-0.2, 0) is 9.47 Å². The zero-order valence-corrected chi connectivity index (χ0v) is 12.3. The number of fused-ring (bicyclic) bond motifs is 3. The number of rotatable bonds is 3. The molecule has 2 fully saturated rings. The van der Waals surface area contributed by atoms with Gasteiger partial charge in [-0.25, -0.2) is 0 Å².